The minimum Gasteiger partial charge on any atom is -0.478 e. The highest BCUT2D eigenvalue weighted by Crippen LogP contribution is 2.40. The molecule has 4 N–H and O–H groups in total. The van der Waals surface area contributed by atoms with E-state index in [2.05, 4.69) is 5.32 Å². The lowest BCUT2D eigenvalue weighted by atomic mass is 10.0. The smallest absolute Gasteiger partial charge is 0.337 e. The summed E-state index contributed by atoms with van der Waals surface area (Å²) in [5.74, 6) is -0.445. The van der Waals surface area contributed by atoms with Crippen molar-refractivity contribution in [2.24, 2.45) is 5.92 Å². The number of hydrogen-bond donors (Lipinski definition) is 3. The molecule has 6 heteroatoms. The van der Waals surface area contributed by atoms with E-state index < -0.39 is 5.97 Å². The fraction of sp³-hybridized carbons (Fsp3) is 0.500. The van der Waals surface area contributed by atoms with Crippen LogP contribution in [-0.2, 0) is 4.74 Å². The van der Waals surface area contributed by atoms with Crippen LogP contribution >= 0.6 is 11.6 Å². The molecule has 1 aliphatic carbocycles. The molecule has 20 heavy (non-hydrogen) atoms. The maximum atomic E-state index is 11.3. The number of halogens is 1. The van der Waals surface area contributed by atoms with Gasteiger partial charge in [-0.1, -0.05) is 11.6 Å². The summed E-state index contributed by atoms with van der Waals surface area (Å²) in [5, 5.41) is 12.9. The summed E-state index contributed by atoms with van der Waals surface area (Å²) in [4.78, 5) is 11.3. The molecule has 1 aliphatic heterocycles. The number of nitrogens with two attached hydrogens (primary N) is 1. The van der Waals surface area contributed by atoms with Gasteiger partial charge in [0.25, 0.3) is 0 Å². The van der Waals surface area contributed by atoms with Crippen molar-refractivity contribution in [2.45, 2.75) is 31.4 Å². The first-order valence-electron chi connectivity index (χ1n) is 6.76. The molecule has 2 fully saturated rings. The van der Waals surface area contributed by atoms with Gasteiger partial charge in [0.2, 0.25) is 0 Å². The molecule has 2 atom stereocenters. The van der Waals surface area contributed by atoms with Crippen LogP contribution in [0.3, 0.4) is 0 Å². The molecule has 0 bridgehead atoms. The summed E-state index contributed by atoms with van der Waals surface area (Å²) in [6.45, 7) is 0.702. The maximum absolute atomic E-state index is 11.3. The molecule has 1 saturated carbocycles. The Morgan fingerprint density at radius 2 is 2.15 bits per heavy atom. The first-order valence-corrected chi connectivity index (χ1v) is 7.14. The standard InChI is InChI=1S/C14H17ClN2O3/c15-10-6-8(16)5-9(14(18)19)12(10)17-11-3-4-20-13(11)7-1-2-7/h5-7,11,13,17H,1-4,16H2,(H,18,19). The number of rotatable bonds is 4. The number of carboxylic acids is 1. The normalized spacial score (nSPS) is 25.6. The molecule has 1 aromatic rings. The molecular weight excluding hydrogens is 280 g/mol. The third-order valence-electron chi connectivity index (χ3n) is 3.90. The van der Waals surface area contributed by atoms with Gasteiger partial charge >= 0.3 is 5.97 Å². The van der Waals surface area contributed by atoms with Gasteiger partial charge in [-0.05, 0) is 37.3 Å². The minimum atomic E-state index is -1.04. The monoisotopic (exact) mass is 296 g/mol. The van der Waals surface area contributed by atoms with Gasteiger partial charge in [0.1, 0.15) is 0 Å². The van der Waals surface area contributed by atoms with Gasteiger partial charge in [0.15, 0.2) is 0 Å². The molecule has 2 unspecified atom stereocenters. The van der Waals surface area contributed by atoms with Crippen LogP contribution in [0.15, 0.2) is 12.1 Å². The molecule has 0 aromatic heterocycles. The van der Waals surface area contributed by atoms with Crippen molar-refractivity contribution in [3.63, 3.8) is 0 Å². The lowest BCUT2D eigenvalue weighted by molar-refractivity contribution is 0.0697. The summed E-state index contributed by atoms with van der Waals surface area (Å²) >= 11 is 6.15. The number of ether oxygens (including phenoxy) is 1. The van der Waals surface area contributed by atoms with Crippen molar-refractivity contribution in [2.75, 3.05) is 17.7 Å². The quantitative estimate of drug-likeness (QED) is 0.744. The molecule has 1 saturated heterocycles. The second-order valence-electron chi connectivity index (χ2n) is 5.44. The number of nitrogens with one attached hydrogen (secondary N) is 1. The summed E-state index contributed by atoms with van der Waals surface area (Å²) < 4.78 is 5.75. The van der Waals surface area contributed by atoms with Crippen molar-refractivity contribution in [3.05, 3.63) is 22.7 Å². The zero-order valence-electron chi connectivity index (χ0n) is 10.9. The summed E-state index contributed by atoms with van der Waals surface area (Å²) in [6, 6.07) is 3.11. The van der Waals surface area contributed by atoms with E-state index in [1.165, 1.54) is 18.9 Å². The zero-order valence-corrected chi connectivity index (χ0v) is 11.7. The van der Waals surface area contributed by atoms with Crippen molar-refractivity contribution in [3.8, 4) is 0 Å². The lowest BCUT2D eigenvalue weighted by Gasteiger charge is -2.22. The minimum absolute atomic E-state index is 0.108. The summed E-state index contributed by atoms with van der Waals surface area (Å²) in [5.41, 5.74) is 6.55. The molecule has 1 aromatic carbocycles. The zero-order chi connectivity index (χ0) is 14.3. The third kappa shape index (κ3) is 2.55. The molecule has 108 valence electrons. The molecule has 5 nitrogen and oxygen atoms in total. The van der Waals surface area contributed by atoms with E-state index in [-0.39, 0.29) is 17.7 Å². The molecule has 0 spiro atoms. The van der Waals surface area contributed by atoms with Crippen LogP contribution in [-0.4, -0.2) is 29.8 Å². The van der Waals surface area contributed by atoms with Gasteiger partial charge in [0, 0.05) is 12.3 Å². The first-order chi connectivity index (χ1) is 9.56. The average Bonchev–Trinajstić information content (AvgIpc) is 3.12. The second-order valence-corrected chi connectivity index (χ2v) is 5.85. The number of nitrogen functional groups attached to an aromatic ring is 1. The van der Waals surface area contributed by atoms with Crippen molar-refractivity contribution >= 4 is 28.9 Å². The van der Waals surface area contributed by atoms with Crippen LogP contribution in [0.1, 0.15) is 29.6 Å². The number of aromatic carboxylic acids is 1. The molecule has 0 radical (unpaired) electrons. The van der Waals surface area contributed by atoms with Crippen LogP contribution in [0, 0.1) is 5.92 Å². The Labute approximate surface area is 122 Å². The predicted octanol–water partition coefficient (Wildman–Crippen LogP) is 2.60. The van der Waals surface area contributed by atoms with Crippen molar-refractivity contribution < 1.29 is 14.6 Å². The van der Waals surface area contributed by atoms with Gasteiger partial charge < -0.3 is 20.9 Å². The summed E-state index contributed by atoms with van der Waals surface area (Å²) in [6.07, 6.45) is 3.39. The van der Waals surface area contributed by atoms with Gasteiger partial charge in [0.05, 0.1) is 28.4 Å². The topological polar surface area (TPSA) is 84.6 Å². The highest BCUT2D eigenvalue weighted by atomic mass is 35.5. The Balaban J connectivity index is 1.87. The highest BCUT2D eigenvalue weighted by molar-refractivity contribution is 6.34. The Morgan fingerprint density at radius 1 is 1.40 bits per heavy atom. The van der Waals surface area contributed by atoms with Gasteiger partial charge in [-0.3, -0.25) is 0 Å². The van der Waals surface area contributed by atoms with E-state index in [1.807, 2.05) is 0 Å². The largest absolute Gasteiger partial charge is 0.478 e. The van der Waals surface area contributed by atoms with E-state index in [1.54, 1.807) is 6.07 Å². The van der Waals surface area contributed by atoms with E-state index in [9.17, 15) is 9.90 Å². The van der Waals surface area contributed by atoms with E-state index in [4.69, 9.17) is 22.1 Å². The molecule has 1 heterocycles. The van der Waals surface area contributed by atoms with Gasteiger partial charge in [-0.25, -0.2) is 4.79 Å². The average molecular weight is 297 g/mol. The number of carboxylic acid groups (broad SMARTS) is 1. The summed E-state index contributed by atoms with van der Waals surface area (Å²) in [7, 11) is 0. The van der Waals surface area contributed by atoms with E-state index >= 15 is 0 Å². The number of anilines is 2. The fourth-order valence-corrected chi connectivity index (χ4v) is 3.07. The van der Waals surface area contributed by atoms with Crippen LogP contribution in [0.5, 0.6) is 0 Å². The van der Waals surface area contributed by atoms with Gasteiger partial charge in [-0.2, -0.15) is 0 Å². The molecule has 3 rings (SSSR count). The van der Waals surface area contributed by atoms with Crippen LogP contribution in [0.2, 0.25) is 5.02 Å². The predicted molar refractivity (Wildman–Crippen MR) is 77.3 cm³/mol. The van der Waals surface area contributed by atoms with Crippen LogP contribution < -0.4 is 11.1 Å². The van der Waals surface area contributed by atoms with Crippen LogP contribution in [0.25, 0.3) is 0 Å². The Morgan fingerprint density at radius 3 is 2.80 bits per heavy atom. The molecular formula is C14H17ClN2O3. The van der Waals surface area contributed by atoms with Crippen molar-refractivity contribution in [1.82, 2.24) is 0 Å². The Kier molecular flexibility index (Phi) is 3.48. The molecule has 0 amide bonds. The fourth-order valence-electron chi connectivity index (χ4n) is 2.78. The SMILES string of the molecule is Nc1cc(Cl)c(NC2CCOC2C2CC2)c(C(=O)O)c1. The van der Waals surface area contributed by atoms with E-state index in [0.717, 1.165) is 6.42 Å². The number of benzene rings is 1. The Bertz CT molecular complexity index is 545. The number of carbonyl (C=O) groups is 1. The van der Waals surface area contributed by atoms with Gasteiger partial charge in [-0.15, -0.1) is 0 Å². The second kappa shape index (κ2) is 5.14. The highest BCUT2D eigenvalue weighted by Gasteiger charge is 2.41. The third-order valence-corrected chi connectivity index (χ3v) is 4.19. The van der Waals surface area contributed by atoms with Crippen LogP contribution in [0.4, 0.5) is 11.4 Å². The molecule has 2 aliphatic rings. The Hall–Kier alpha value is -1.46. The van der Waals surface area contributed by atoms with Crippen molar-refractivity contribution in [1.29, 1.82) is 0 Å². The van der Waals surface area contributed by atoms with E-state index in [0.29, 0.717) is 28.9 Å². The first kappa shape index (κ1) is 13.5. The maximum Gasteiger partial charge on any atom is 0.337 e. The number of hydrogen-bond acceptors (Lipinski definition) is 4. The lowest BCUT2D eigenvalue weighted by Crippen LogP contribution is -2.31.